The number of hydrogen-bond donors (Lipinski definition) is 1. The van der Waals surface area contributed by atoms with E-state index in [1.54, 1.807) is 4.90 Å². The van der Waals surface area contributed by atoms with Crippen LogP contribution in [0.15, 0.2) is 0 Å². The van der Waals surface area contributed by atoms with Gasteiger partial charge in [0.15, 0.2) is 0 Å². The molecule has 0 saturated carbocycles. The van der Waals surface area contributed by atoms with Crippen molar-refractivity contribution in [1.29, 1.82) is 0 Å². The first-order chi connectivity index (χ1) is 10.7. The smallest absolute Gasteiger partial charge is 0.225 e. The van der Waals surface area contributed by atoms with Crippen molar-refractivity contribution in [1.82, 2.24) is 15.1 Å². The quantitative estimate of drug-likeness (QED) is 0.847. The Morgan fingerprint density at radius 3 is 2.30 bits per heavy atom. The van der Waals surface area contributed by atoms with E-state index in [0.717, 1.165) is 12.8 Å². The molecule has 0 aromatic carbocycles. The lowest BCUT2D eigenvalue weighted by atomic mass is 10.0. The summed E-state index contributed by atoms with van der Waals surface area (Å²) in [6.45, 7) is 9.75. The van der Waals surface area contributed by atoms with Crippen LogP contribution in [0.3, 0.4) is 0 Å². The largest absolute Gasteiger partial charge is 0.353 e. The standard InChI is InChI=1S/C17H29N3O3/c1-5-14(21)19-8-6-13(7-9-19)18-16(23)12-10-15(22)20(11-12)17(2,3)4/h12-13H,5-11H2,1-4H3,(H,18,23). The summed E-state index contributed by atoms with van der Waals surface area (Å²) in [4.78, 5) is 39.8. The summed E-state index contributed by atoms with van der Waals surface area (Å²) < 4.78 is 0. The van der Waals surface area contributed by atoms with E-state index < -0.39 is 0 Å². The summed E-state index contributed by atoms with van der Waals surface area (Å²) in [5, 5.41) is 3.08. The van der Waals surface area contributed by atoms with Crippen LogP contribution >= 0.6 is 0 Å². The number of rotatable bonds is 3. The van der Waals surface area contributed by atoms with Crippen LogP contribution in [0.5, 0.6) is 0 Å². The Morgan fingerprint density at radius 1 is 1.22 bits per heavy atom. The van der Waals surface area contributed by atoms with Crippen molar-refractivity contribution >= 4 is 17.7 Å². The first kappa shape index (κ1) is 17.8. The van der Waals surface area contributed by atoms with Crippen molar-refractivity contribution in [3.05, 3.63) is 0 Å². The third-order valence-electron chi connectivity index (χ3n) is 4.80. The molecule has 0 aromatic heterocycles. The lowest BCUT2D eigenvalue weighted by Crippen LogP contribution is -2.48. The SMILES string of the molecule is CCC(=O)N1CCC(NC(=O)C2CC(=O)N(C(C)(C)C)C2)CC1. The summed E-state index contributed by atoms with van der Waals surface area (Å²) in [5.74, 6) is -0.0413. The van der Waals surface area contributed by atoms with E-state index in [1.165, 1.54) is 0 Å². The number of likely N-dealkylation sites (tertiary alicyclic amines) is 2. The summed E-state index contributed by atoms with van der Waals surface area (Å²) in [7, 11) is 0. The van der Waals surface area contributed by atoms with Crippen LogP contribution in [0, 0.1) is 5.92 Å². The van der Waals surface area contributed by atoms with Crippen LogP contribution in [0.25, 0.3) is 0 Å². The minimum absolute atomic E-state index is 0.0228. The fraction of sp³-hybridized carbons (Fsp3) is 0.824. The van der Waals surface area contributed by atoms with Gasteiger partial charge in [-0.25, -0.2) is 0 Å². The molecule has 0 bridgehead atoms. The van der Waals surface area contributed by atoms with Crippen molar-refractivity contribution in [2.45, 2.75) is 65.0 Å². The van der Waals surface area contributed by atoms with Gasteiger partial charge < -0.3 is 15.1 Å². The zero-order valence-electron chi connectivity index (χ0n) is 14.7. The van der Waals surface area contributed by atoms with Gasteiger partial charge in [0.1, 0.15) is 0 Å². The zero-order valence-corrected chi connectivity index (χ0v) is 14.7. The molecule has 2 saturated heterocycles. The molecule has 23 heavy (non-hydrogen) atoms. The molecule has 130 valence electrons. The maximum absolute atomic E-state index is 12.4. The molecule has 2 fully saturated rings. The van der Waals surface area contributed by atoms with Crippen LogP contribution in [0.1, 0.15) is 53.4 Å². The molecular formula is C17H29N3O3. The first-order valence-electron chi connectivity index (χ1n) is 8.61. The molecule has 6 heteroatoms. The van der Waals surface area contributed by atoms with Gasteiger partial charge in [0.25, 0.3) is 0 Å². The lowest BCUT2D eigenvalue weighted by Gasteiger charge is -2.33. The van der Waals surface area contributed by atoms with Gasteiger partial charge in [-0.3, -0.25) is 14.4 Å². The van der Waals surface area contributed by atoms with E-state index in [2.05, 4.69) is 5.32 Å². The molecule has 1 unspecified atom stereocenters. The second-order valence-corrected chi connectivity index (χ2v) is 7.59. The average molecular weight is 323 g/mol. The van der Waals surface area contributed by atoms with Gasteiger partial charge in [-0.1, -0.05) is 6.92 Å². The second-order valence-electron chi connectivity index (χ2n) is 7.59. The van der Waals surface area contributed by atoms with Crippen LogP contribution in [-0.4, -0.2) is 58.7 Å². The Bertz CT molecular complexity index is 476. The van der Waals surface area contributed by atoms with Gasteiger partial charge in [-0.2, -0.15) is 0 Å². The van der Waals surface area contributed by atoms with Crippen LogP contribution in [-0.2, 0) is 14.4 Å². The lowest BCUT2D eigenvalue weighted by molar-refractivity contribution is -0.133. The van der Waals surface area contributed by atoms with Crippen molar-refractivity contribution in [2.24, 2.45) is 5.92 Å². The molecule has 1 atom stereocenters. The minimum Gasteiger partial charge on any atom is -0.353 e. The maximum Gasteiger partial charge on any atom is 0.225 e. The van der Waals surface area contributed by atoms with Crippen molar-refractivity contribution in [3.8, 4) is 0 Å². The van der Waals surface area contributed by atoms with E-state index in [-0.39, 0.29) is 35.2 Å². The number of piperidine rings is 1. The molecule has 0 aromatic rings. The molecular weight excluding hydrogens is 294 g/mol. The third-order valence-corrected chi connectivity index (χ3v) is 4.80. The molecule has 0 aliphatic carbocycles. The third kappa shape index (κ3) is 4.24. The van der Waals surface area contributed by atoms with Crippen molar-refractivity contribution < 1.29 is 14.4 Å². The second kappa shape index (κ2) is 6.89. The highest BCUT2D eigenvalue weighted by Crippen LogP contribution is 2.26. The molecule has 2 rings (SSSR count). The Labute approximate surface area is 138 Å². The van der Waals surface area contributed by atoms with Crippen molar-refractivity contribution in [3.63, 3.8) is 0 Å². The molecule has 2 heterocycles. The summed E-state index contributed by atoms with van der Waals surface area (Å²) in [5.41, 5.74) is -0.238. The van der Waals surface area contributed by atoms with E-state index in [9.17, 15) is 14.4 Å². The summed E-state index contributed by atoms with van der Waals surface area (Å²) in [6.07, 6.45) is 2.42. The fourth-order valence-electron chi connectivity index (χ4n) is 3.35. The number of nitrogens with zero attached hydrogens (tertiary/aromatic N) is 2. The molecule has 1 N–H and O–H groups in total. The van der Waals surface area contributed by atoms with Gasteiger partial charge in [-0.05, 0) is 33.6 Å². The van der Waals surface area contributed by atoms with E-state index >= 15 is 0 Å². The number of amides is 3. The fourth-order valence-corrected chi connectivity index (χ4v) is 3.35. The normalized spacial score (nSPS) is 23.3. The molecule has 3 amide bonds. The first-order valence-corrected chi connectivity index (χ1v) is 8.61. The van der Waals surface area contributed by atoms with Crippen LogP contribution in [0.2, 0.25) is 0 Å². The predicted molar refractivity (Wildman–Crippen MR) is 87.6 cm³/mol. The van der Waals surface area contributed by atoms with Gasteiger partial charge in [-0.15, -0.1) is 0 Å². The van der Waals surface area contributed by atoms with Crippen LogP contribution in [0.4, 0.5) is 0 Å². The van der Waals surface area contributed by atoms with Gasteiger partial charge in [0, 0.05) is 44.1 Å². The average Bonchev–Trinajstić information content (AvgIpc) is 2.89. The topological polar surface area (TPSA) is 69.7 Å². The highest BCUT2D eigenvalue weighted by Gasteiger charge is 2.40. The van der Waals surface area contributed by atoms with Gasteiger partial charge >= 0.3 is 0 Å². The molecule has 0 radical (unpaired) electrons. The molecule has 0 spiro atoms. The Kier molecular flexibility index (Phi) is 5.32. The Morgan fingerprint density at radius 2 is 1.83 bits per heavy atom. The summed E-state index contributed by atoms with van der Waals surface area (Å²) in [6, 6.07) is 0.113. The van der Waals surface area contributed by atoms with Gasteiger partial charge in [0.2, 0.25) is 17.7 Å². The number of carbonyl (C=O) groups is 3. The Hall–Kier alpha value is -1.59. The molecule has 6 nitrogen and oxygen atoms in total. The number of nitrogens with one attached hydrogen (secondary N) is 1. The number of carbonyl (C=O) groups excluding carboxylic acids is 3. The summed E-state index contributed by atoms with van der Waals surface area (Å²) >= 11 is 0. The predicted octanol–water partition coefficient (Wildman–Crippen LogP) is 1.15. The number of hydrogen-bond acceptors (Lipinski definition) is 3. The Balaban J connectivity index is 1.82. The minimum atomic E-state index is -0.253. The van der Waals surface area contributed by atoms with Gasteiger partial charge in [0.05, 0.1) is 5.92 Å². The molecule has 2 aliphatic heterocycles. The highest BCUT2D eigenvalue weighted by molar-refractivity contribution is 5.89. The van der Waals surface area contributed by atoms with E-state index in [4.69, 9.17) is 0 Å². The van der Waals surface area contributed by atoms with Crippen LogP contribution < -0.4 is 5.32 Å². The van der Waals surface area contributed by atoms with Crippen molar-refractivity contribution in [2.75, 3.05) is 19.6 Å². The maximum atomic E-state index is 12.4. The monoisotopic (exact) mass is 323 g/mol. The highest BCUT2D eigenvalue weighted by atomic mass is 16.2. The molecule has 2 aliphatic rings. The van der Waals surface area contributed by atoms with E-state index in [1.807, 2.05) is 32.6 Å². The zero-order chi connectivity index (χ0) is 17.2. The van der Waals surface area contributed by atoms with E-state index in [0.29, 0.717) is 32.5 Å².